The van der Waals surface area contributed by atoms with Crippen LogP contribution in [-0.2, 0) is 13.1 Å². The number of benzene rings is 1. The first kappa shape index (κ1) is 22.5. The molecule has 0 saturated carbocycles. The number of aryl methyl sites for hydroxylation is 1. The maximum Gasteiger partial charge on any atom is 0.278 e. The van der Waals surface area contributed by atoms with Gasteiger partial charge in [-0.3, -0.25) is 19.0 Å². The number of aromatic nitrogens is 4. The van der Waals surface area contributed by atoms with Gasteiger partial charge in [0.2, 0.25) is 18.3 Å². The summed E-state index contributed by atoms with van der Waals surface area (Å²) in [4.78, 5) is 35.7. The van der Waals surface area contributed by atoms with Crippen LogP contribution in [0.15, 0.2) is 71.9 Å². The Balaban J connectivity index is 1.45. The highest BCUT2D eigenvalue weighted by Gasteiger charge is 2.25. The molecule has 184 valence electrons. The molecule has 37 heavy (non-hydrogen) atoms. The number of anilines is 1. The molecule has 6 rings (SSSR count). The smallest absolute Gasteiger partial charge is 0.278 e. The average molecular weight is 496 g/mol. The molecule has 1 amide bonds. The lowest BCUT2D eigenvalue weighted by molar-refractivity contribution is -0.649. The van der Waals surface area contributed by atoms with Crippen LogP contribution in [-0.4, -0.2) is 27.1 Å². The highest BCUT2D eigenvalue weighted by atomic mass is 16.7. The molecule has 0 bridgehead atoms. The van der Waals surface area contributed by atoms with Crippen molar-refractivity contribution in [2.75, 3.05) is 12.5 Å². The molecule has 10 nitrogen and oxygen atoms in total. The van der Waals surface area contributed by atoms with Gasteiger partial charge in [-0.05, 0) is 54.4 Å². The quantitative estimate of drug-likeness (QED) is 0.283. The highest BCUT2D eigenvalue weighted by Crippen LogP contribution is 2.32. The lowest BCUT2D eigenvalue weighted by atomic mass is 10.1. The lowest BCUT2D eigenvalue weighted by Gasteiger charge is -2.13. The van der Waals surface area contributed by atoms with Gasteiger partial charge < -0.3 is 20.5 Å². The van der Waals surface area contributed by atoms with E-state index in [4.69, 9.17) is 20.2 Å². The zero-order chi connectivity index (χ0) is 25.5. The highest BCUT2D eigenvalue weighted by molar-refractivity contribution is 6.00. The number of amides is 1. The second-order valence-corrected chi connectivity index (χ2v) is 8.79. The number of nitrogens with one attached hydrogen (secondary N) is 1. The van der Waals surface area contributed by atoms with Gasteiger partial charge in [0.1, 0.15) is 10.9 Å². The summed E-state index contributed by atoms with van der Waals surface area (Å²) >= 11 is 0. The van der Waals surface area contributed by atoms with Gasteiger partial charge in [0.15, 0.2) is 11.5 Å². The van der Waals surface area contributed by atoms with Gasteiger partial charge >= 0.3 is 0 Å². The van der Waals surface area contributed by atoms with Crippen LogP contribution in [0.25, 0.3) is 16.7 Å². The van der Waals surface area contributed by atoms with Gasteiger partial charge in [-0.15, -0.1) is 0 Å². The Morgan fingerprint density at radius 3 is 2.76 bits per heavy atom. The maximum atomic E-state index is 13.5. The fraction of sp³-hybridized carbons (Fsp3) is 0.148. The van der Waals surface area contributed by atoms with E-state index in [0.717, 1.165) is 16.7 Å². The summed E-state index contributed by atoms with van der Waals surface area (Å²) in [6.45, 7) is 2.62. The van der Waals surface area contributed by atoms with Crippen molar-refractivity contribution in [1.82, 2.24) is 19.7 Å². The third-order valence-electron chi connectivity index (χ3n) is 6.40. The molecule has 3 N–H and O–H groups in total. The number of pyridine rings is 3. The Labute approximate surface area is 210 Å². The Hall–Kier alpha value is -4.99. The summed E-state index contributed by atoms with van der Waals surface area (Å²) in [6, 6.07) is 14.4. The SMILES string of the molecule is Cc1cccn2c(=O)c3cc(C(=O)NCc4ccc5c(c4)OCO5)c(N)[n+](Cc4ccncc4)c3nc12. The van der Waals surface area contributed by atoms with Crippen LogP contribution >= 0.6 is 0 Å². The number of fused-ring (bicyclic) bond motifs is 3. The molecule has 1 aromatic carbocycles. The van der Waals surface area contributed by atoms with Crippen LogP contribution in [0.4, 0.5) is 5.82 Å². The van der Waals surface area contributed by atoms with Crippen molar-refractivity contribution < 1.29 is 18.8 Å². The van der Waals surface area contributed by atoms with Gasteiger partial charge in [0.05, 0.1) is 6.54 Å². The van der Waals surface area contributed by atoms with E-state index in [1.807, 2.05) is 37.3 Å². The Kier molecular flexibility index (Phi) is 5.41. The minimum Gasteiger partial charge on any atom is -0.454 e. The number of hydrogen-bond acceptors (Lipinski definition) is 7. The summed E-state index contributed by atoms with van der Waals surface area (Å²) < 4.78 is 14.0. The molecule has 5 heterocycles. The van der Waals surface area contributed by atoms with Crippen molar-refractivity contribution in [3.05, 3.63) is 99.7 Å². The molecule has 4 aromatic heterocycles. The lowest BCUT2D eigenvalue weighted by Crippen LogP contribution is -2.43. The Bertz CT molecular complexity index is 1750. The molecule has 10 heteroatoms. The van der Waals surface area contributed by atoms with E-state index in [1.165, 1.54) is 10.5 Å². The Morgan fingerprint density at radius 2 is 1.92 bits per heavy atom. The minimum absolute atomic E-state index is 0.175. The van der Waals surface area contributed by atoms with Gasteiger partial charge in [-0.2, -0.15) is 0 Å². The fourth-order valence-corrected chi connectivity index (χ4v) is 4.45. The number of carbonyl (C=O) groups excluding carboxylic acids is 1. The van der Waals surface area contributed by atoms with E-state index in [2.05, 4.69) is 10.3 Å². The number of nitrogen functional groups attached to an aromatic ring is 1. The van der Waals surface area contributed by atoms with Crippen LogP contribution in [0.2, 0.25) is 0 Å². The van der Waals surface area contributed by atoms with Gasteiger partial charge in [0.25, 0.3) is 17.1 Å². The van der Waals surface area contributed by atoms with Gasteiger partial charge in [-0.1, -0.05) is 17.1 Å². The normalized spacial score (nSPS) is 12.2. The summed E-state index contributed by atoms with van der Waals surface area (Å²) in [7, 11) is 0. The van der Waals surface area contributed by atoms with Crippen LogP contribution in [0.1, 0.15) is 27.0 Å². The van der Waals surface area contributed by atoms with E-state index in [-0.39, 0.29) is 30.3 Å². The largest absolute Gasteiger partial charge is 0.454 e. The summed E-state index contributed by atoms with van der Waals surface area (Å²) in [5.41, 5.74) is 10.0. The average Bonchev–Trinajstić information content (AvgIpc) is 3.38. The van der Waals surface area contributed by atoms with Crippen molar-refractivity contribution >= 4 is 28.4 Å². The van der Waals surface area contributed by atoms with E-state index >= 15 is 0 Å². The molecule has 0 aliphatic carbocycles. The monoisotopic (exact) mass is 495 g/mol. The maximum absolute atomic E-state index is 13.5. The third-order valence-corrected chi connectivity index (χ3v) is 6.40. The summed E-state index contributed by atoms with van der Waals surface area (Å²) in [6.07, 6.45) is 5.02. The first-order valence-corrected chi connectivity index (χ1v) is 11.7. The van der Waals surface area contributed by atoms with Crippen molar-refractivity contribution in [2.24, 2.45) is 0 Å². The minimum atomic E-state index is -0.408. The van der Waals surface area contributed by atoms with Crippen LogP contribution in [0, 0.1) is 6.92 Å². The summed E-state index contributed by atoms with van der Waals surface area (Å²) in [5, 5.41) is 3.19. The predicted octanol–water partition coefficient (Wildman–Crippen LogP) is 2.13. The topological polar surface area (TPSA) is 125 Å². The van der Waals surface area contributed by atoms with E-state index < -0.39 is 5.91 Å². The fourth-order valence-electron chi connectivity index (χ4n) is 4.45. The zero-order valence-corrected chi connectivity index (χ0v) is 20.0. The predicted molar refractivity (Wildman–Crippen MR) is 135 cm³/mol. The molecule has 0 atom stereocenters. The molecule has 0 radical (unpaired) electrons. The summed E-state index contributed by atoms with van der Waals surface area (Å²) in [5.74, 6) is 1.10. The number of carbonyl (C=O) groups is 1. The van der Waals surface area contributed by atoms with Crippen molar-refractivity contribution in [2.45, 2.75) is 20.0 Å². The first-order valence-electron chi connectivity index (χ1n) is 11.7. The Morgan fingerprint density at radius 1 is 1.11 bits per heavy atom. The van der Waals surface area contributed by atoms with E-state index in [1.54, 1.807) is 35.3 Å². The van der Waals surface area contributed by atoms with Crippen molar-refractivity contribution in [3.8, 4) is 11.5 Å². The zero-order valence-electron chi connectivity index (χ0n) is 20.0. The van der Waals surface area contributed by atoms with E-state index in [9.17, 15) is 9.59 Å². The second-order valence-electron chi connectivity index (χ2n) is 8.79. The number of nitrogens with two attached hydrogens (primary N) is 1. The number of hydrogen-bond donors (Lipinski definition) is 2. The van der Waals surface area contributed by atoms with Gasteiger partial charge in [-0.25, -0.2) is 4.57 Å². The molecule has 0 saturated heterocycles. The van der Waals surface area contributed by atoms with Gasteiger partial charge in [0, 0.05) is 30.7 Å². The molecule has 5 aromatic rings. The number of nitrogens with zero attached hydrogens (tertiary/aromatic N) is 4. The van der Waals surface area contributed by atoms with Crippen LogP contribution in [0.3, 0.4) is 0 Å². The third kappa shape index (κ3) is 3.98. The van der Waals surface area contributed by atoms with Crippen molar-refractivity contribution in [3.63, 3.8) is 0 Å². The number of ether oxygens (including phenoxy) is 2. The second kappa shape index (κ2) is 8.90. The molecule has 1 aliphatic rings. The van der Waals surface area contributed by atoms with Crippen LogP contribution in [0.5, 0.6) is 11.5 Å². The van der Waals surface area contributed by atoms with E-state index in [0.29, 0.717) is 34.7 Å². The molecular weight excluding hydrogens is 472 g/mol. The molecule has 0 spiro atoms. The molecular formula is C27H23N6O4+. The first-order chi connectivity index (χ1) is 18.0. The molecule has 0 fully saturated rings. The molecule has 0 unspecified atom stereocenters. The number of rotatable bonds is 5. The van der Waals surface area contributed by atoms with Crippen LogP contribution < -0.4 is 30.7 Å². The molecule has 1 aliphatic heterocycles. The standard InChI is InChI=1S/C27H22N6O4/c1-16-3-2-10-32-24(16)31-25-20(27(32)35)12-19(23(28)33(25)14-17-6-8-29-9-7-17)26(34)30-13-18-4-5-21-22(11-18)37-15-36-21/h2-12,28H,13-15H2,1H3,(H,30,34)/p+1. The van der Waals surface area contributed by atoms with Crippen molar-refractivity contribution in [1.29, 1.82) is 0 Å².